The summed E-state index contributed by atoms with van der Waals surface area (Å²) in [6.07, 6.45) is -0.961. The molecule has 4 rings (SSSR count). The van der Waals surface area contributed by atoms with Gasteiger partial charge in [-0.1, -0.05) is 17.7 Å². The molecule has 1 N–H and O–H groups in total. The molecule has 0 radical (unpaired) electrons. The SMILES string of the molecule is COC(=O)c1cccc(NC(=O)[C@@H](C)Oc2ccc3c(-c4ccc(F)cc4Cl)cc(=O)oc3c2)n1. The van der Waals surface area contributed by atoms with E-state index in [4.69, 9.17) is 20.8 Å². The third-order valence-corrected chi connectivity index (χ3v) is 5.33. The van der Waals surface area contributed by atoms with Crippen molar-refractivity contribution in [2.45, 2.75) is 13.0 Å². The molecule has 0 saturated heterocycles. The molecule has 2 aromatic carbocycles. The number of esters is 1. The lowest BCUT2D eigenvalue weighted by atomic mass is 10.0. The van der Waals surface area contributed by atoms with E-state index in [0.717, 1.165) is 6.07 Å². The smallest absolute Gasteiger partial charge is 0.356 e. The molecule has 178 valence electrons. The molecule has 8 nitrogen and oxygen atoms in total. The summed E-state index contributed by atoms with van der Waals surface area (Å²) < 4.78 is 29.1. The Morgan fingerprint density at radius 3 is 2.63 bits per heavy atom. The summed E-state index contributed by atoms with van der Waals surface area (Å²) in [4.78, 5) is 40.4. The number of carbonyl (C=O) groups excluding carboxylic acids is 2. The Hall–Kier alpha value is -4.24. The van der Waals surface area contributed by atoms with E-state index in [2.05, 4.69) is 15.0 Å². The third kappa shape index (κ3) is 5.30. The maximum Gasteiger partial charge on any atom is 0.356 e. The zero-order valence-corrected chi connectivity index (χ0v) is 19.3. The number of aromatic nitrogens is 1. The Morgan fingerprint density at radius 1 is 1.09 bits per heavy atom. The Morgan fingerprint density at radius 2 is 1.89 bits per heavy atom. The molecule has 0 spiro atoms. The number of fused-ring (bicyclic) bond motifs is 1. The molecule has 0 aliphatic carbocycles. The summed E-state index contributed by atoms with van der Waals surface area (Å²) in [5.41, 5.74) is 0.544. The number of rotatable bonds is 6. The van der Waals surface area contributed by atoms with Gasteiger partial charge in [0.25, 0.3) is 5.91 Å². The minimum atomic E-state index is -0.961. The van der Waals surface area contributed by atoms with Crippen LogP contribution in [0, 0.1) is 5.82 Å². The van der Waals surface area contributed by atoms with Crippen LogP contribution < -0.4 is 15.7 Å². The fourth-order valence-electron chi connectivity index (χ4n) is 3.36. The normalized spacial score (nSPS) is 11.7. The molecule has 0 unspecified atom stereocenters. The number of amides is 1. The van der Waals surface area contributed by atoms with Crippen LogP contribution in [0.1, 0.15) is 17.4 Å². The summed E-state index contributed by atoms with van der Waals surface area (Å²) >= 11 is 6.18. The van der Waals surface area contributed by atoms with Crippen molar-refractivity contribution in [3.8, 4) is 16.9 Å². The molecule has 0 aliphatic heterocycles. The van der Waals surface area contributed by atoms with E-state index >= 15 is 0 Å². The van der Waals surface area contributed by atoms with Crippen LogP contribution in [0.4, 0.5) is 10.2 Å². The van der Waals surface area contributed by atoms with Gasteiger partial charge in [0.15, 0.2) is 11.8 Å². The largest absolute Gasteiger partial charge is 0.481 e. The third-order valence-electron chi connectivity index (χ3n) is 5.01. The van der Waals surface area contributed by atoms with Gasteiger partial charge in [-0.3, -0.25) is 4.79 Å². The second kappa shape index (κ2) is 9.94. The number of nitrogens with zero attached hydrogens (tertiary/aromatic N) is 1. The van der Waals surface area contributed by atoms with Gasteiger partial charge in [-0.2, -0.15) is 0 Å². The first-order chi connectivity index (χ1) is 16.7. The van der Waals surface area contributed by atoms with E-state index in [1.807, 2.05) is 0 Å². The van der Waals surface area contributed by atoms with Gasteiger partial charge in [0.2, 0.25) is 0 Å². The van der Waals surface area contributed by atoms with Crippen LogP contribution in [-0.4, -0.2) is 30.1 Å². The quantitative estimate of drug-likeness (QED) is 0.300. The van der Waals surface area contributed by atoms with Crippen molar-refractivity contribution in [3.63, 3.8) is 0 Å². The number of halogens is 2. The van der Waals surface area contributed by atoms with Crippen LogP contribution in [0.5, 0.6) is 5.75 Å². The number of carbonyl (C=O) groups is 2. The zero-order valence-electron chi connectivity index (χ0n) is 18.5. The van der Waals surface area contributed by atoms with Gasteiger partial charge in [-0.15, -0.1) is 0 Å². The topological polar surface area (TPSA) is 108 Å². The predicted octanol–water partition coefficient (Wildman–Crippen LogP) is 4.84. The maximum absolute atomic E-state index is 13.5. The summed E-state index contributed by atoms with van der Waals surface area (Å²) in [5.74, 6) is -1.24. The molecule has 2 aromatic heterocycles. The van der Waals surface area contributed by atoms with Crippen LogP contribution in [-0.2, 0) is 9.53 Å². The average Bonchev–Trinajstić information content (AvgIpc) is 2.83. The summed E-state index contributed by atoms with van der Waals surface area (Å²) in [6.45, 7) is 1.52. The van der Waals surface area contributed by atoms with E-state index in [1.165, 1.54) is 50.4 Å². The molecule has 0 saturated carbocycles. The zero-order chi connectivity index (χ0) is 25.1. The molecule has 10 heteroatoms. The first-order valence-corrected chi connectivity index (χ1v) is 10.7. The van der Waals surface area contributed by atoms with E-state index < -0.39 is 29.4 Å². The van der Waals surface area contributed by atoms with Crippen molar-refractivity contribution in [1.29, 1.82) is 0 Å². The lowest BCUT2D eigenvalue weighted by Crippen LogP contribution is -2.30. The molecular formula is C25H18ClFN2O6. The summed E-state index contributed by atoms with van der Waals surface area (Å²) in [7, 11) is 1.23. The van der Waals surface area contributed by atoms with Crippen molar-refractivity contribution in [3.05, 3.63) is 87.6 Å². The van der Waals surface area contributed by atoms with E-state index in [9.17, 15) is 18.8 Å². The highest BCUT2D eigenvalue weighted by atomic mass is 35.5. The van der Waals surface area contributed by atoms with Crippen LogP contribution in [0.2, 0.25) is 5.02 Å². The molecule has 1 atom stereocenters. The monoisotopic (exact) mass is 496 g/mol. The second-order valence-electron chi connectivity index (χ2n) is 7.41. The molecule has 35 heavy (non-hydrogen) atoms. The van der Waals surface area contributed by atoms with Gasteiger partial charge in [0.1, 0.15) is 23.0 Å². The van der Waals surface area contributed by atoms with Crippen LogP contribution >= 0.6 is 11.6 Å². The Balaban J connectivity index is 1.56. The molecule has 1 amide bonds. The van der Waals surface area contributed by atoms with E-state index in [-0.39, 0.29) is 27.9 Å². The number of nitrogens with one attached hydrogen (secondary N) is 1. The lowest BCUT2D eigenvalue weighted by molar-refractivity contribution is -0.122. The molecule has 2 heterocycles. The van der Waals surface area contributed by atoms with Gasteiger partial charge in [-0.05, 0) is 49.4 Å². The van der Waals surface area contributed by atoms with Crippen molar-refractivity contribution in [2.24, 2.45) is 0 Å². The van der Waals surface area contributed by atoms with Gasteiger partial charge in [0.05, 0.1) is 12.1 Å². The Labute approximate surface area is 203 Å². The maximum atomic E-state index is 13.5. The van der Waals surface area contributed by atoms with Crippen molar-refractivity contribution < 1.29 is 27.9 Å². The number of hydrogen-bond donors (Lipinski definition) is 1. The van der Waals surface area contributed by atoms with Gasteiger partial charge >= 0.3 is 11.6 Å². The molecule has 0 aliphatic rings. The van der Waals surface area contributed by atoms with E-state index in [0.29, 0.717) is 16.5 Å². The molecule has 4 aromatic rings. The van der Waals surface area contributed by atoms with Crippen LogP contribution in [0.15, 0.2) is 69.9 Å². The lowest BCUT2D eigenvalue weighted by Gasteiger charge is -2.15. The highest BCUT2D eigenvalue weighted by Crippen LogP contribution is 2.34. The number of methoxy groups -OCH3 is 1. The molecule has 0 fully saturated rings. The first-order valence-electron chi connectivity index (χ1n) is 10.3. The van der Waals surface area contributed by atoms with Crippen molar-refractivity contribution in [1.82, 2.24) is 4.98 Å². The van der Waals surface area contributed by atoms with Gasteiger partial charge in [0, 0.05) is 28.6 Å². The molecule has 0 bridgehead atoms. The van der Waals surface area contributed by atoms with Crippen molar-refractivity contribution in [2.75, 3.05) is 12.4 Å². The Kier molecular flexibility index (Phi) is 6.79. The Bertz CT molecular complexity index is 1500. The number of ether oxygens (including phenoxy) is 2. The minimum Gasteiger partial charge on any atom is -0.481 e. The van der Waals surface area contributed by atoms with Gasteiger partial charge < -0.3 is 19.2 Å². The first kappa shape index (κ1) is 23.9. The summed E-state index contributed by atoms with van der Waals surface area (Å²) in [5, 5.41) is 3.26. The van der Waals surface area contributed by atoms with Crippen LogP contribution in [0.3, 0.4) is 0 Å². The van der Waals surface area contributed by atoms with E-state index in [1.54, 1.807) is 18.2 Å². The highest BCUT2D eigenvalue weighted by Gasteiger charge is 2.18. The number of pyridine rings is 1. The van der Waals surface area contributed by atoms with Gasteiger partial charge in [-0.25, -0.2) is 19.0 Å². The number of hydrogen-bond acceptors (Lipinski definition) is 7. The number of benzene rings is 2. The summed E-state index contributed by atoms with van der Waals surface area (Å²) in [6, 6.07) is 14.4. The second-order valence-corrected chi connectivity index (χ2v) is 7.82. The number of anilines is 1. The average molecular weight is 497 g/mol. The fraction of sp³-hybridized carbons (Fsp3) is 0.120. The highest BCUT2D eigenvalue weighted by molar-refractivity contribution is 6.33. The standard InChI is InChI=1S/C25H18ClFN2O6/c1-13(24(31)29-22-5-3-4-20(28-22)25(32)33-2)34-15-7-9-17-18(12-23(30)35-21(17)11-15)16-8-6-14(27)10-19(16)26/h3-13H,1-2H3,(H,28,29,31)/t13-/m1/s1. The molecular weight excluding hydrogens is 479 g/mol. The van der Waals surface area contributed by atoms with Crippen molar-refractivity contribution >= 4 is 40.3 Å². The predicted molar refractivity (Wildman–Crippen MR) is 127 cm³/mol. The van der Waals surface area contributed by atoms with Crippen LogP contribution in [0.25, 0.3) is 22.1 Å². The fourth-order valence-corrected chi connectivity index (χ4v) is 3.62. The minimum absolute atomic E-state index is 0.0421.